The largest absolute Gasteiger partial charge is 0.481 e. The van der Waals surface area contributed by atoms with Gasteiger partial charge in [-0.2, -0.15) is 0 Å². The van der Waals surface area contributed by atoms with Crippen LogP contribution in [0.4, 0.5) is 0 Å². The van der Waals surface area contributed by atoms with Gasteiger partial charge in [0.25, 0.3) is 0 Å². The van der Waals surface area contributed by atoms with E-state index in [2.05, 4.69) is 32.7 Å². The molecular weight excluding hydrogens is 297 g/mol. The normalized spacial score (nSPS) is 10.4. The average Bonchev–Trinajstić information content (AvgIpc) is 2.50. The summed E-state index contributed by atoms with van der Waals surface area (Å²) in [4.78, 5) is 14.2. The van der Waals surface area contributed by atoms with Gasteiger partial charge in [0, 0.05) is 35.6 Å². The van der Waals surface area contributed by atoms with E-state index in [1.807, 2.05) is 0 Å². The molecule has 0 bridgehead atoms. The molecule has 14 heavy (non-hydrogen) atoms. The van der Waals surface area contributed by atoms with Crippen LogP contribution in [0.5, 0.6) is 0 Å². The van der Waals surface area contributed by atoms with Crippen molar-refractivity contribution in [1.82, 2.24) is 14.8 Å². The highest BCUT2D eigenvalue weighted by Crippen LogP contribution is 2.02. The Morgan fingerprint density at radius 2 is 2.29 bits per heavy atom. The number of carboxylic acids is 1. The smallest absolute Gasteiger partial charge is 0.303 e. The van der Waals surface area contributed by atoms with E-state index < -0.39 is 5.97 Å². The third kappa shape index (κ3) is 4.54. The molecule has 0 saturated carbocycles. The first kappa shape index (κ1) is 11.4. The zero-order valence-corrected chi connectivity index (χ0v) is 9.85. The Hall–Kier alpha value is -0.660. The van der Waals surface area contributed by atoms with E-state index in [1.54, 1.807) is 11.0 Å². The number of carboxylic acid groups (broad SMARTS) is 1. The highest BCUT2D eigenvalue weighted by molar-refractivity contribution is 14.1. The maximum Gasteiger partial charge on any atom is 0.303 e. The van der Waals surface area contributed by atoms with E-state index >= 15 is 0 Å². The lowest BCUT2D eigenvalue weighted by molar-refractivity contribution is -0.137. The Morgan fingerprint density at radius 3 is 2.86 bits per heavy atom. The summed E-state index contributed by atoms with van der Waals surface area (Å²) in [6.07, 6.45) is 4.56. The van der Waals surface area contributed by atoms with Crippen molar-refractivity contribution in [3.8, 4) is 0 Å². The maximum absolute atomic E-state index is 10.2. The van der Waals surface area contributed by atoms with Gasteiger partial charge in [0.05, 0.1) is 0 Å². The van der Waals surface area contributed by atoms with Crippen LogP contribution in [0.25, 0.3) is 0 Å². The van der Waals surface area contributed by atoms with E-state index in [9.17, 15) is 4.79 Å². The lowest BCUT2D eigenvalue weighted by atomic mass is 10.2. The molecule has 0 amide bonds. The van der Waals surface area contributed by atoms with Crippen LogP contribution in [0.3, 0.4) is 0 Å². The molecule has 0 aliphatic carbocycles. The van der Waals surface area contributed by atoms with Crippen LogP contribution < -0.4 is 0 Å². The third-order valence-corrected chi connectivity index (χ3v) is 2.28. The monoisotopic (exact) mass is 309 g/mol. The Morgan fingerprint density at radius 1 is 1.50 bits per heavy atom. The molecule has 0 atom stereocenters. The summed E-state index contributed by atoms with van der Waals surface area (Å²) in [6, 6.07) is 0. The van der Waals surface area contributed by atoms with Crippen molar-refractivity contribution in [3.05, 3.63) is 10.2 Å². The molecule has 0 fully saturated rings. The Labute approximate surface area is 95.7 Å². The lowest BCUT2D eigenvalue weighted by Gasteiger charge is -1.99. The Balaban J connectivity index is 2.07. The van der Waals surface area contributed by atoms with Gasteiger partial charge in [-0.05, 0) is 12.8 Å². The van der Waals surface area contributed by atoms with Gasteiger partial charge >= 0.3 is 5.97 Å². The van der Waals surface area contributed by atoms with Crippen molar-refractivity contribution in [2.75, 3.05) is 0 Å². The molecule has 0 aromatic carbocycles. The van der Waals surface area contributed by atoms with Gasteiger partial charge < -0.3 is 5.11 Å². The second-order valence-electron chi connectivity index (χ2n) is 2.98. The van der Waals surface area contributed by atoms with E-state index in [-0.39, 0.29) is 6.42 Å². The second kappa shape index (κ2) is 5.94. The lowest BCUT2D eigenvalue weighted by Crippen LogP contribution is -2.00. The summed E-state index contributed by atoms with van der Waals surface area (Å²) in [7, 11) is 0. The molecule has 0 spiro atoms. The molecule has 0 aliphatic rings. The number of nitrogens with zero attached hydrogens (tertiary/aromatic N) is 3. The topological polar surface area (TPSA) is 68.0 Å². The van der Waals surface area contributed by atoms with Crippen molar-refractivity contribution in [2.24, 2.45) is 0 Å². The summed E-state index contributed by atoms with van der Waals surface area (Å²) in [5.41, 5.74) is 0. The third-order valence-electron chi connectivity index (χ3n) is 1.79. The molecule has 0 saturated heterocycles. The molecule has 1 aromatic rings. The van der Waals surface area contributed by atoms with Gasteiger partial charge in [-0.25, -0.2) is 4.98 Å². The first-order chi connectivity index (χ1) is 6.68. The molecule has 0 radical (unpaired) electrons. The number of aryl methyl sites for hydroxylation is 1. The number of rotatable bonds is 6. The van der Waals surface area contributed by atoms with E-state index in [0.29, 0.717) is 0 Å². The first-order valence-corrected chi connectivity index (χ1v) is 5.53. The molecule has 1 rings (SSSR count). The molecule has 1 aromatic heterocycles. The van der Waals surface area contributed by atoms with Gasteiger partial charge in [-0.15, -0.1) is 5.10 Å². The van der Waals surface area contributed by atoms with Crippen LogP contribution in [0, 0.1) is 3.83 Å². The molecule has 6 heteroatoms. The van der Waals surface area contributed by atoms with Gasteiger partial charge in [0.15, 0.2) is 0 Å². The maximum atomic E-state index is 10.2. The van der Waals surface area contributed by atoms with Crippen molar-refractivity contribution in [1.29, 1.82) is 0 Å². The fourth-order valence-corrected chi connectivity index (χ4v) is 1.51. The molecule has 1 heterocycles. The van der Waals surface area contributed by atoms with Gasteiger partial charge in [-0.3, -0.25) is 9.48 Å². The minimum atomic E-state index is -0.722. The number of aliphatic carboxylic acids is 1. The van der Waals surface area contributed by atoms with Crippen LogP contribution in [-0.4, -0.2) is 25.8 Å². The molecule has 0 aliphatic heterocycles. The number of halogens is 1. The van der Waals surface area contributed by atoms with Gasteiger partial charge in [0.1, 0.15) is 6.33 Å². The number of carbonyl (C=O) groups is 1. The number of aromatic nitrogens is 3. The highest BCUT2D eigenvalue weighted by Gasteiger charge is 1.98. The van der Waals surface area contributed by atoms with Crippen molar-refractivity contribution in [3.63, 3.8) is 0 Å². The van der Waals surface area contributed by atoms with Crippen molar-refractivity contribution < 1.29 is 9.90 Å². The molecule has 78 valence electrons. The SMILES string of the molecule is O=C(O)CCCCCn1cnc(I)n1. The van der Waals surface area contributed by atoms with E-state index in [4.69, 9.17) is 5.11 Å². The summed E-state index contributed by atoms with van der Waals surface area (Å²) >= 11 is 2.06. The number of hydrogen-bond donors (Lipinski definition) is 1. The fourth-order valence-electron chi connectivity index (χ4n) is 1.11. The quantitative estimate of drug-likeness (QED) is 0.639. The Kier molecular flexibility index (Phi) is 4.85. The van der Waals surface area contributed by atoms with Gasteiger partial charge in [0.2, 0.25) is 3.83 Å². The van der Waals surface area contributed by atoms with Crippen molar-refractivity contribution in [2.45, 2.75) is 32.2 Å². The Bertz CT molecular complexity index is 301. The standard InChI is InChI=1S/C8H12IN3O2/c9-8-10-6-12(11-8)5-3-1-2-4-7(13)14/h6H,1-5H2,(H,13,14). The summed E-state index contributed by atoms with van der Waals surface area (Å²) in [5, 5.41) is 12.5. The highest BCUT2D eigenvalue weighted by atomic mass is 127. The van der Waals surface area contributed by atoms with Crippen LogP contribution in [-0.2, 0) is 11.3 Å². The summed E-state index contributed by atoms with van der Waals surface area (Å²) in [6.45, 7) is 0.815. The van der Waals surface area contributed by atoms with Crippen LogP contribution in [0.2, 0.25) is 0 Å². The zero-order chi connectivity index (χ0) is 10.4. The number of unbranched alkanes of at least 4 members (excludes halogenated alkanes) is 2. The minimum absolute atomic E-state index is 0.259. The number of hydrogen-bond acceptors (Lipinski definition) is 3. The minimum Gasteiger partial charge on any atom is -0.481 e. The van der Waals surface area contributed by atoms with Gasteiger partial charge in [-0.1, -0.05) is 6.42 Å². The van der Waals surface area contributed by atoms with Crippen LogP contribution in [0.15, 0.2) is 6.33 Å². The summed E-state index contributed by atoms with van der Waals surface area (Å²) < 4.78 is 2.52. The molecular formula is C8H12IN3O2. The predicted octanol–water partition coefficient (Wildman–Crippen LogP) is 1.53. The fraction of sp³-hybridized carbons (Fsp3) is 0.625. The van der Waals surface area contributed by atoms with E-state index in [1.165, 1.54) is 0 Å². The zero-order valence-electron chi connectivity index (χ0n) is 7.69. The predicted molar refractivity (Wildman–Crippen MR) is 58.8 cm³/mol. The van der Waals surface area contributed by atoms with Crippen LogP contribution in [0.1, 0.15) is 25.7 Å². The van der Waals surface area contributed by atoms with Crippen molar-refractivity contribution >= 4 is 28.6 Å². The summed E-state index contributed by atoms with van der Waals surface area (Å²) in [5.74, 6) is -0.722. The molecule has 5 nitrogen and oxygen atoms in total. The van der Waals surface area contributed by atoms with E-state index in [0.717, 1.165) is 29.6 Å². The van der Waals surface area contributed by atoms with Crippen LogP contribution >= 0.6 is 22.6 Å². The molecule has 0 unspecified atom stereocenters. The average molecular weight is 309 g/mol. The molecule has 1 N–H and O–H groups in total. The first-order valence-electron chi connectivity index (χ1n) is 4.45. The second-order valence-corrected chi connectivity index (χ2v) is 3.95.